The van der Waals surface area contributed by atoms with Crippen molar-refractivity contribution in [3.05, 3.63) is 41.1 Å². The molecule has 0 spiro atoms. The Balaban J connectivity index is 2.40. The highest BCUT2D eigenvalue weighted by molar-refractivity contribution is 9.10. The largest absolute Gasteiger partial charge is 0.308 e. The van der Waals surface area contributed by atoms with Crippen LogP contribution in [0.3, 0.4) is 0 Å². The summed E-state index contributed by atoms with van der Waals surface area (Å²) < 4.78 is 2.37. The molecule has 0 aliphatic rings. The van der Waals surface area contributed by atoms with Gasteiger partial charge in [0.15, 0.2) is 0 Å². The van der Waals surface area contributed by atoms with Crippen LogP contribution in [0, 0.1) is 6.92 Å². The molecule has 2 rings (SSSR count). The lowest BCUT2D eigenvalue weighted by molar-refractivity contribution is 0.713. The third-order valence-corrected chi connectivity index (χ3v) is 6.49. The van der Waals surface area contributed by atoms with E-state index in [1.165, 1.54) is 23.6 Å². The van der Waals surface area contributed by atoms with Crippen LogP contribution in [0.4, 0.5) is 0 Å². The molecule has 1 atom stereocenters. The Bertz CT molecular complexity index is 470. The molecule has 2 aromatic heterocycles. The van der Waals surface area contributed by atoms with Crippen LogP contribution in [0.5, 0.6) is 0 Å². The molecular weight excluding hydrogens is 370 g/mol. The first-order valence-electron chi connectivity index (χ1n) is 4.79. The Morgan fingerprint density at radius 3 is 2.50 bits per heavy atom. The number of aryl methyl sites for hydroxylation is 1. The molecule has 5 heteroatoms. The zero-order valence-corrected chi connectivity index (χ0v) is 13.7. The summed E-state index contributed by atoms with van der Waals surface area (Å²) in [4.78, 5) is 3.99. The van der Waals surface area contributed by atoms with Gasteiger partial charge in [0, 0.05) is 23.6 Å². The topological polar surface area (TPSA) is 12.0 Å². The Labute approximate surface area is 120 Å². The van der Waals surface area contributed by atoms with E-state index in [2.05, 4.69) is 61.6 Å². The smallest absolute Gasteiger partial charge is 0.0774 e. The molecule has 1 nitrogen and oxygen atoms in total. The fourth-order valence-corrected chi connectivity index (χ4v) is 5.02. The summed E-state index contributed by atoms with van der Waals surface area (Å²) in [6.07, 6.45) is 0. The molecule has 86 valence electrons. The Morgan fingerprint density at radius 1 is 1.31 bits per heavy atom. The molecular formula is C11H11Br2NS2. The molecule has 0 aliphatic heterocycles. The number of rotatable bonds is 3. The van der Waals surface area contributed by atoms with Crippen molar-refractivity contribution in [3.8, 4) is 0 Å². The van der Waals surface area contributed by atoms with Gasteiger partial charge in [-0.3, -0.25) is 0 Å². The quantitative estimate of drug-likeness (QED) is 0.793. The molecule has 0 saturated heterocycles. The summed E-state index contributed by atoms with van der Waals surface area (Å²) in [5.41, 5.74) is 0. The van der Waals surface area contributed by atoms with E-state index < -0.39 is 0 Å². The molecule has 0 radical (unpaired) electrons. The summed E-state index contributed by atoms with van der Waals surface area (Å²) >= 11 is 10.8. The maximum Gasteiger partial charge on any atom is 0.0774 e. The highest BCUT2D eigenvalue weighted by atomic mass is 79.9. The zero-order valence-electron chi connectivity index (χ0n) is 8.88. The van der Waals surface area contributed by atoms with Crippen molar-refractivity contribution in [2.24, 2.45) is 0 Å². The standard InChI is InChI=1S/C11H11Br2NS2/c1-6-8(13)5-9(16-6)10(14-2)11-7(12)3-4-15-11/h3-5,10,14H,1-2H3. The number of halogens is 2. The molecule has 0 aromatic carbocycles. The van der Waals surface area contributed by atoms with Crippen molar-refractivity contribution >= 4 is 54.5 Å². The molecule has 1 N–H and O–H groups in total. The lowest BCUT2D eigenvalue weighted by Gasteiger charge is -2.13. The first-order valence-corrected chi connectivity index (χ1v) is 8.07. The van der Waals surface area contributed by atoms with E-state index in [4.69, 9.17) is 0 Å². The van der Waals surface area contributed by atoms with Crippen LogP contribution in [0.15, 0.2) is 26.5 Å². The molecule has 0 saturated carbocycles. The maximum absolute atomic E-state index is 3.59. The van der Waals surface area contributed by atoms with Crippen LogP contribution in [0.2, 0.25) is 0 Å². The van der Waals surface area contributed by atoms with Gasteiger partial charge in [-0.1, -0.05) is 0 Å². The van der Waals surface area contributed by atoms with E-state index in [0.717, 1.165) is 0 Å². The summed E-state index contributed by atoms with van der Waals surface area (Å²) in [5, 5.41) is 5.48. The van der Waals surface area contributed by atoms with Crippen molar-refractivity contribution < 1.29 is 0 Å². The molecule has 2 aromatic rings. The number of hydrogen-bond acceptors (Lipinski definition) is 3. The van der Waals surface area contributed by atoms with Crippen molar-refractivity contribution in [1.29, 1.82) is 0 Å². The molecule has 0 fully saturated rings. The predicted molar refractivity (Wildman–Crippen MR) is 79.7 cm³/mol. The average molecular weight is 381 g/mol. The summed E-state index contributed by atoms with van der Waals surface area (Å²) in [5.74, 6) is 0. The number of nitrogens with one attached hydrogen (secondary N) is 1. The fourth-order valence-electron chi connectivity index (χ4n) is 1.54. The fraction of sp³-hybridized carbons (Fsp3) is 0.273. The molecule has 2 heterocycles. The van der Waals surface area contributed by atoms with E-state index in [0.29, 0.717) is 0 Å². The second-order valence-corrected chi connectivity index (χ2v) is 7.35. The highest BCUT2D eigenvalue weighted by Crippen LogP contribution is 2.38. The third-order valence-electron chi connectivity index (χ3n) is 2.36. The number of thiophene rings is 2. The maximum atomic E-state index is 3.59. The Kier molecular flexibility index (Phi) is 4.24. The number of hydrogen-bond donors (Lipinski definition) is 1. The molecule has 0 aliphatic carbocycles. The molecule has 16 heavy (non-hydrogen) atoms. The van der Waals surface area contributed by atoms with Crippen molar-refractivity contribution in [1.82, 2.24) is 5.32 Å². The van der Waals surface area contributed by atoms with E-state index in [9.17, 15) is 0 Å². The summed E-state index contributed by atoms with van der Waals surface area (Å²) in [6, 6.07) is 4.58. The van der Waals surface area contributed by atoms with Gasteiger partial charge in [-0.25, -0.2) is 0 Å². The second-order valence-electron chi connectivity index (χ2n) is 3.41. The average Bonchev–Trinajstić information content (AvgIpc) is 2.78. The highest BCUT2D eigenvalue weighted by Gasteiger charge is 2.19. The van der Waals surface area contributed by atoms with Crippen molar-refractivity contribution in [2.45, 2.75) is 13.0 Å². The van der Waals surface area contributed by atoms with Gasteiger partial charge in [-0.15, -0.1) is 22.7 Å². The molecule has 0 amide bonds. The minimum absolute atomic E-state index is 0.282. The molecule has 1 unspecified atom stereocenters. The van der Waals surface area contributed by atoms with Crippen LogP contribution < -0.4 is 5.32 Å². The Hall–Kier alpha value is 0.320. The van der Waals surface area contributed by atoms with Gasteiger partial charge in [0.25, 0.3) is 0 Å². The zero-order chi connectivity index (χ0) is 11.7. The van der Waals surface area contributed by atoms with Crippen LogP contribution in [-0.2, 0) is 0 Å². The van der Waals surface area contributed by atoms with Crippen molar-refractivity contribution in [2.75, 3.05) is 7.05 Å². The van der Waals surface area contributed by atoms with Gasteiger partial charge < -0.3 is 5.32 Å². The lowest BCUT2D eigenvalue weighted by Crippen LogP contribution is -2.15. The first-order chi connectivity index (χ1) is 7.63. The monoisotopic (exact) mass is 379 g/mol. The van der Waals surface area contributed by atoms with Gasteiger partial charge in [-0.2, -0.15) is 0 Å². The predicted octanol–water partition coefficient (Wildman–Crippen LogP) is 4.95. The third kappa shape index (κ3) is 2.43. The van der Waals surface area contributed by atoms with Crippen LogP contribution in [0.1, 0.15) is 20.7 Å². The minimum atomic E-state index is 0.282. The van der Waals surface area contributed by atoms with Gasteiger partial charge in [0.2, 0.25) is 0 Å². The minimum Gasteiger partial charge on any atom is -0.308 e. The van der Waals surface area contributed by atoms with E-state index in [-0.39, 0.29) is 6.04 Å². The van der Waals surface area contributed by atoms with Crippen LogP contribution in [-0.4, -0.2) is 7.05 Å². The van der Waals surface area contributed by atoms with Gasteiger partial charge in [-0.05, 0) is 63.3 Å². The van der Waals surface area contributed by atoms with E-state index >= 15 is 0 Å². The molecule has 0 bridgehead atoms. The van der Waals surface area contributed by atoms with Crippen molar-refractivity contribution in [3.63, 3.8) is 0 Å². The summed E-state index contributed by atoms with van der Waals surface area (Å²) in [6.45, 7) is 2.13. The van der Waals surface area contributed by atoms with E-state index in [1.807, 2.05) is 18.4 Å². The van der Waals surface area contributed by atoms with Gasteiger partial charge in [0.05, 0.1) is 6.04 Å². The first kappa shape index (κ1) is 12.8. The lowest BCUT2D eigenvalue weighted by atomic mass is 10.2. The second kappa shape index (κ2) is 5.31. The normalized spacial score (nSPS) is 13.0. The van der Waals surface area contributed by atoms with Crippen LogP contribution >= 0.6 is 54.5 Å². The van der Waals surface area contributed by atoms with E-state index in [1.54, 1.807) is 11.3 Å². The van der Waals surface area contributed by atoms with Crippen LogP contribution in [0.25, 0.3) is 0 Å². The van der Waals surface area contributed by atoms with Gasteiger partial charge >= 0.3 is 0 Å². The SMILES string of the molecule is CNC(c1cc(Br)c(C)s1)c1sccc1Br. The Morgan fingerprint density at radius 2 is 2.06 bits per heavy atom. The van der Waals surface area contributed by atoms with Gasteiger partial charge in [0.1, 0.15) is 0 Å². The summed E-state index contributed by atoms with van der Waals surface area (Å²) in [7, 11) is 2.00.